The topological polar surface area (TPSA) is 32.8 Å². The molecule has 0 radical (unpaired) electrons. The van der Waals surface area contributed by atoms with Crippen LogP contribution in [-0.2, 0) is 16.0 Å². The second kappa shape index (κ2) is 8.48. The summed E-state index contributed by atoms with van der Waals surface area (Å²) in [6.45, 7) is 11.0. The van der Waals surface area contributed by atoms with Crippen molar-refractivity contribution in [3.8, 4) is 0 Å². The van der Waals surface area contributed by atoms with Crippen molar-refractivity contribution in [2.45, 2.75) is 58.0 Å². The molecule has 1 amide bonds. The number of carbonyl (C=O) groups is 1. The Balaban J connectivity index is 1.76. The van der Waals surface area contributed by atoms with Crippen LogP contribution in [0.15, 0.2) is 54.3 Å². The lowest BCUT2D eigenvalue weighted by Gasteiger charge is -2.48. The summed E-state index contributed by atoms with van der Waals surface area (Å²) in [4.78, 5) is 17.3. The first-order chi connectivity index (χ1) is 14.2. The summed E-state index contributed by atoms with van der Waals surface area (Å²) in [6.07, 6.45) is 10.8. The minimum atomic E-state index is 0.126. The largest absolute Gasteiger partial charge is 0.494 e. The number of allylic oxidation sites excluding steroid dienone is 3. The van der Waals surface area contributed by atoms with Crippen molar-refractivity contribution in [3.63, 3.8) is 0 Å². The van der Waals surface area contributed by atoms with Crippen LogP contribution < -0.4 is 4.90 Å². The summed E-state index contributed by atoms with van der Waals surface area (Å²) in [5.41, 5.74) is 5.07. The molecular weight excluding hydrogens is 360 g/mol. The standard InChI is InChI=1S/C25H32N2O2/c1-4-6-13-23(29-5-2)18(3)21-17-22(26-15-9-14-24(26)28)20-12-7-10-19-11-8-16-27(21)25(19)20/h4,6-7,10,12-13,21-22H,3,5,8-9,11,14-17H2,1-2H3/b6-4-,23-13+. The molecule has 0 spiro atoms. The van der Waals surface area contributed by atoms with Crippen molar-refractivity contribution >= 4 is 11.6 Å². The number of nitrogens with zero attached hydrogens (tertiary/aromatic N) is 2. The van der Waals surface area contributed by atoms with Crippen molar-refractivity contribution in [1.82, 2.24) is 4.90 Å². The zero-order chi connectivity index (χ0) is 20.4. The minimum absolute atomic E-state index is 0.126. The third-order valence-corrected chi connectivity index (χ3v) is 6.41. The van der Waals surface area contributed by atoms with E-state index in [0.29, 0.717) is 13.0 Å². The van der Waals surface area contributed by atoms with Crippen LogP contribution in [0.25, 0.3) is 0 Å². The fourth-order valence-electron chi connectivity index (χ4n) is 5.14. The number of hydrogen-bond donors (Lipinski definition) is 0. The Bertz CT molecular complexity index is 854. The van der Waals surface area contributed by atoms with Crippen molar-refractivity contribution in [2.75, 3.05) is 24.6 Å². The van der Waals surface area contributed by atoms with Crippen LogP contribution in [0.4, 0.5) is 5.69 Å². The monoisotopic (exact) mass is 392 g/mol. The number of anilines is 1. The van der Waals surface area contributed by atoms with E-state index in [0.717, 1.165) is 50.1 Å². The van der Waals surface area contributed by atoms with Gasteiger partial charge in [-0.2, -0.15) is 0 Å². The third-order valence-electron chi connectivity index (χ3n) is 6.41. The molecule has 4 nitrogen and oxygen atoms in total. The molecule has 4 heteroatoms. The molecule has 2 atom stereocenters. The van der Waals surface area contributed by atoms with Crippen LogP contribution in [0.5, 0.6) is 0 Å². The van der Waals surface area contributed by atoms with E-state index in [1.54, 1.807) is 0 Å². The van der Waals surface area contributed by atoms with Gasteiger partial charge in [0.25, 0.3) is 0 Å². The SMILES string of the molecule is C=C(/C(=C\C=C/C)OCC)C1CC(N2CCCC2=O)c2cccc3c2N1CCC3. The highest BCUT2D eigenvalue weighted by atomic mass is 16.5. The summed E-state index contributed by atoms with van der Waals surface area (Å²) in [5.74, 6) is 1.14. The van der Waals surface area contributed by atoms with Crippen LogP contribution in [0.1, 0.15) is 56.7 Å². The molecule has 3 heterocycles. The summed E-state index contributed by atoms with van der Waals surface area (Å²) in [6, 6.07) is 6.91. The van der Waals surface area contributed by atoms with E-state index >= 15 is 0 Å². The Morgan fingerprint density at radius 2 is 2.03 bits per heavy atom. The Kier molecular flexibility index (Phi) is 5.79. The normalized spacial score (nSPS) is 24.2. The molecule has 2 unspecified atom stereocenters. The Morgan fingerprint density at radius 3 is 2.76 bits per heavy atom. The van der Waals surface area contributed by atoms with Crippen molar-refractivity contribution in [1.29, 1.82) is 0 Å². The zero-order valence-corrected chi connectivity index (χ0v) is 17.7. The average Bonchev–Trinajstić information content (AvgIpc) is 3.17. The van der Waals surface area contributed by atoms with Gasteiger partial charge in [0.2, 0.25) is 5.91 Å². The Morgan fingerprint density at radius 1 is 1.24 bits per heavy atom. The number of carbonyl (C=O) groups excluding carboxylic acids is 1. The van der Waals surface area contributed by atoms with Crippen molar-refractivity contribution in [3.05, 3.63) is 65.5 Å². The number of rotatable bonds is 6. The van der Waals surface area contributed by atoms with Crippen LogP contribution in [0, 0.1) is 0 Å². The van der Waals surface area contributed by atoms with Gasteiger partial charge >= 0.3 is 0 Å². The lowest BCUT2D eigenvalue weighted by Crippen LogP contribution is -2.48. The predicted octanol–water partition coefficient (Wildman–Crippen LogP) is 4.93. The quantitative estimate of drug-likeness (QED) is 0.508. The molecule has 0 N–H and O–H groups in total. The summed E-state index contributed by atoms with van der Waals surface area (Å²) >= 11 is 0. The van der Waals surface area contributed by atoms with Crippen LogP contribution in [0.2, 0.25) is 0 Å². The lowest BCUT2D eigenvalue weighted by atomic mass is 9.82. The first-order valence-electron chi connectivity index (χ1n) is 11.0. The van der Waals surface area contributed by atoms with Gasteiger partial charge in [-0.15, -0.1) is 0 Å². The summed E-state index contributed by atoms with van der Waals surface area (Å²) in [5, 5.41) is 0. The number of ether oxygens (including phenoxy) is 1. The van der Waals surface area contributed by atoms with Gasteiger partial charge in [-0.25, -0.2) is 0 Å². The van der Waals surface area contributed by atoms with Crippen LogP contribution in [-0.4, -0.2) is 36.5 Å². The molecule has 4 rings (SSSR count). The van der Waals surface area contributed by atoms with Gasteiger partial charge in [0.1, 0.15) is 5.76 Å². The molecule has 0 aliphatic carbocycles. The minimum Gasteiger partial charge on any atom is -0.494 e. The third kappa shape index (κ3) is 3.61. The van der Waals surface area contributed by atoms with E-state index in [4.69, 9.17) is 4.74 Å². The van der Waals surface area contributed by atoms with Crippen LogP contribution in [0.3, 0.4) is 0 Å². The first kappa shape index (κ1) is 19.8. The van der Waals surface area contributed by atoms with Gasteiger partial charge in [0, 0.05) is 30.8 Å². The maximum atomic E-state index is 12.6. The first-order valence-corrected chi connectivity index (χ1v) is 11.0. The molecule has 29 heavy (non-hydrogen) atoms. The molecule has 1 saturated heterocycles. The number of likely N-dealkylation sites (tertiary alicyclic amines) is 1. The van der Waals surface area contributed by atoms with Gasteiger partial charge in [-0.3, -0.25) is 4.79 Å². The van der Waals surface area contributed by atoms with Gasteiger partial charge in [0.15, 0.2) is 0 Å². The summed E-state index contributed by atoms with van der Waals surface area (Å²) < 4.78 is 5.97. The smallest absolute Gasteiger partial charge is 0.223 e. The highest BCUT2D eigenvalue weighted by Gasteiger charge is 2.41. The zero-order valence-electron chi connectivity index (χ0n) is 17.7. The van der Waals surface area contributed by atoms with Gasteiger partial charge in [-0.05, 0) is 56.7 Å². The molecule has 0 aromatic heterocycles. The maximum Gasteiger partial charge on any atom is 0.223 e. The molecule has 3 aliphatic heterocycles. The second-order valence-corrected chi connectivity index (χ2v) is 8.12. The van der Waals surface area contributed by atoms with Gasteiger partial charge in [-0.1, -0.05) is 36.9 Å². The molecular formula is C25H32N2O2. The van der Waals surface area contributed by atoms with E-state index in [1.807, 2.05) is 32.1 Å². The fourth-order valence-corrected chi connectivity index (χ4v) is 5.14. The lowest BCUT2D eigenvalue weighted by molar-refractivity contribution is -0.130. The summed E-state index contributed by atoms with van der Waals surface area (Å²) in [7, 11) is 0. The van der Waals surface area contributed by atoms with Gasteiger partial charge in [0.05, 0.1) is 18.7 Å². The molecule has 1 aromatic rings. The highest BCUT2D eigenvalue weighted by Crippen LogP contribution is 2.47. The molecule has 154 valence electrons. The fraction of sp³-hybridized carbons (Fsp3) is 0.480. The maximum absolute atomic E-state index is 12.6. The second-order valence-electron chi connectivity index (χ2n) is 8.12. The number of benzene rings is 1. The van der Waals surface area contributed by atoms with E-state index in [9.17, 15) is 4.79 Å². The van der Waals surface area contributed by atoms with Crippen molar-refractivity contribution in [2.24, 2.45) is 0 Å². The number of hydrogen-bond acceptors (Lipinski definition) is 3. The molecule has 1 aromatic carbocycles. The average molecular weight is 393 g/mol. The molecule has 0 bridgehead atoms. The number of amides is 1. The van der Waals surface area contributed by atoms with E-state index < -0.39 is 0 Å². The van der Waals surface area contributed by atoms with E-state index in [-0.39, 0.29) is 18.0 Å². The predicted molar refractivity (Wildman–Crippen MR) is 118 cm³/mol. The molecule has 1 fully saturated rings. The molecule has 0 saturated carbocycles. The number of para-hydroxylation sites is 1. The van der Waals surface area contributed by atoms with Crippen molar-refractivity contribution < 1.29 is 9.53 Å². The Labute approximate surface area is 174 Å². The molecule has 3 aliphatic rings. The highest BCUT2D eigenvalue weighted by molar-refractivity contribution is 5.79. The van der Waals surface area contributed by atoms with E-state index in [2.05, 4.69) is 34.6 Å². The van der Waals surface area contributed by atoms with Crippen LogP contribution >= 0.6 is 0 Å². The van der Waals surface area contributed by atoms with E-state index in [1.165, 1.54) is 16.8 Å². The Hall–Kier alpha value is -2.49. The van der Waals surface area contributed by atoms with Gasteiger partial charge < -0.3 is 14.5 Å². The number of aryl methyl sites for hydroxylation is 1.